The van der Waals surface area contributed by atoms with E-state index >= 15 is 0 Å². The van der Waals surface area contributed by atoms with Crippen molar-refractivity contribution >= 4 is 0 Å². The monoisotopic (exact) mass is 276 g/mol. The predicted molar refractivity (Wildman–Crippen MR) is 75.9 cm³/mol. The van der Waals surface area contributed by atoms with Gasteiger partial charge in [0.15, 0.2) is 11.6 Å². The van der Waals surface area contributed by atoms with Gasteiger partial charge in [-0.05, 0) is 41.7 Å². The summed E-state index contributed by atoms with van der Waals surface area (Å²) in [5.41, 5.74) is 5.64. The molecule has 2 aromatic rings. The smallest absolute Gasteiger partial charge is 0.159 e. The molecule has 0 saturated carbocycles. The third-order valence-corrected chi connectivity index (χ3v) is 3.42. The van der Waals surface area contributed by atoms with Crippen LogP contribution in [0.5, 0.6) is 0 Å². The van der Waals surface area contributed by atoms with Crippen LogP contribution in [0.3, 0.4) is 0 Å². The number of rotatable bonds is 5. The van der Waals surface area contributed by atoms with E-state index in [4.69, 9.17) is 5.84 Å². The molecule has 1 unspecified atom stereocenters. The molecule has 0 amide bonds. The molecular formula is C16H18F2N2. The predicted octanol–water partition coefficient (Wildman–Crippen LogP) is 3.27. The minimum Gasteiger partial charge on any atom is -0.271 e. The second-order valence-electron chi connectivity index (χ2n) is 4.77. The number of nitrogens with one attached hydrogen (secondary N) is 1. The van der Waals surface area contributed by atoms with E-state index in [9.17, 15) is 8.78 Å². The van der Waals surface area contributed by atoms with Crippen molar-refractivity contribution in [1.29, 1.82) is 0 Å². The van der Waals surface area contributed by atoms with Crippen LogP contribution in [0.15, 0.2) is 42.5 Å². The first-order valence-electron chi connectivity index (χ1n) is 6.63. The Morgan fingerprint density at radius 1 is 1.00 bits per heavy atom. The summed E-state index contributed by atoms with van der Waals surface area (Å²) in [4.78, 5) is 0. The number of aryl methyl sites for hydroxylation is 1. The maximum absolute atomic E-state index is 13.3. The number of hydrogen-bond acceptors (Lipinski definition) is 2. The second-order valence-corrected chi connectivity index (χ2v) is 4.77. The molecule has 2 aromatic carbocycles. The van der Waals surface area contributed by atoms with E-state index in [2.05, 4.69) is 24.5 Å². The summed E-state index contributed by atoms with van der Waals surface area (Å²) in [6, 6.07) is 11.8. The van der Waals surface area contributed by atoms with Gasteiger partial charge in [-0.2, -0.15) is 0 Å². The molecule has 0 radical (unpaired) electrons. The van der Waals surface area contributed by atoms with Crippen LogP contribution in [0.25, 0.3) is 0 Å². The first-order valence-corrected chi connectivity index (χ1v) is 6.63. The molecule has 2 nitrogen and oxygen atoms in total. The molecule has 20 heavy (non-hydrogen) atoms. The van der Waals surface area contributed by atoms with Gasteiger partial charge in [-0.15, -0.1) is 0 Å². The Bertz CT molecular complexity index is 567. The molecule has 1 atom stereocenters. The van der Waals surface area contributed by atoms with Crippen LogP contribution in [-0.2, 0) is 12.8 Å². The summed E-state index contributed by atoms with van der Waals surface area (Å²) in [5.74, 6) is 3.82. The van der Waals surface area contributed by atoms with Crippen molar-refractivity contribution in [3.8, 4) is 0 Å². The lowest BCUT2D eigenvalue weighted by atomic mass is 9.98. The largest absolute Gasteiger partial charge is 0.271 e. The molecule has 0 aliphatic carbocycles. The van der Waals surface area contributed by atoms with Crippen molar-refractivity contribution < 1.29 is 8.78 Å². The first-order chi connectivity index (χ1) is 9.63. The zero-order valence-electron chi connectivity index (χ0n) is 11.4. The fourth-order valence-corrected chi connectivity index (χ4v) is 2.15. The Morgan fingerprint density at radius 2 is 1.65 bits per heavy atom. The molecule has 0 aromatic heterocycles. The number of hydrazine groups is 1. The third-order valence-electron chi connectivity index (χ3n) is 3.42. The summed E-state index contributed by atoms with van der Waals surface area (Å²) < 4.78 is 26.2. The molecule has 0 aliphatic heterocycles. The van der Waals surface area contributed by atoms with E-state index in [0.717, 1.165) is 18.1 Å². The Balaban J connectivity index is 2.16. The average Bonchev–Trinajstić information content (AvgIpc) is 2.48. The zero-order valence-corrected chi connectivity index (χ0v) is 11.4. The van der Waals surface area contributed by atoms with Crippen LogP contribution >= 0.6 is 0 Å². The van der Waals surface area contributed by atoms with Crippen molar-refractivity contribution in [1.82, 2.24) is 5.43 Å². The average molecular weight is 276 g/mol. The van der Waals surface area contributed by atoms with Gasteiger partial charge < -0.3 is 0 Å². The van der Waals surface area contributed by atoms with Crippen molar-refractivity contribution in [3.05, 3.63) is 70.8 Å². The van der Waals surface area contributed by atoms with E-state index in [0.29, 0.717) is 12.0 Å². The maximum Gasteiger partial charge on any atom is 0.159 e. The van der Waals surface area contributed by atoms with E-state index in [1.807, 2.05) is 12.1 Å². The van der Waals surface area contributed by atoms with Crippen LogP contribution in [-0.4, -0.2) is 0 Å². The molecule has 2 rings (SSSR count). The normalized spacial score (nSPS) is 12.4. The lowest BCUT2D eigenvalue weighted by molar-refractivity contribution is 0.497. The Labute approximate surface area is 117 Å². The SMILES string of the molecule is CCc1ccc(CC(NN)c2ccc(F)c(F)c2)cc1. The molecular weight excluding hydrogens is 258 g/mol. The molecule has 0 aliphatic rings. The van der Waals surface area contributed by atoms with E-state index < -0.39 is 11.6 Å². The highest BCUT2D eigenvalue weighted by molar-refractivity contribution is 5.27. The van der Waals surface area contributed by atoms with Gasteiger partial charge in [0, 0.05) is 0 Å². The van der Waals surface area contributed by atoms with Gasteiger partial charge in [0.1, 0.15) is 0 Å². The number of hydrogen-bond donors (Lipinski definition) is 2. The van der Waals surface area contributed by atoms with Gasteiger partial charge in [0.05, 0.1) is 6.04 Å². The van der Waals surface area contributed by atoms with Crippen molar-refractivity contribution in [2.75, 3.05) is 0 Å². The number of benzene rings is 2. The van der Waals surface area contributed by atoms with Gasteiger partial charge in [0.25, 0.3) is 0 Å². The van der Waals surface area contributed by atoms with Crippen molar-refractivity contribution in [2.45, 2.75) is 25.8 Å². The van der Waals surface area contributed by atoms with Gasteiger partial charge >= 0.3 is 0 Å². The van der Waals surface area contributed by atoms with Gasteiger partial charge in [-0.1, -0.05) is 37.3 Å². The van der Waals surface area contributed by atoms with Crippen molar-refractivity contribution in [2.24, 2.45) is 5.84 Å². The molecule has 0 bridgehead atoms. The highest BCUT2D eigenvalue weighted by Gasteiger charge is 2.13. The highest BCUT2D eigenvalue weighted by atomic mass is 19.2. The Kier molecular flexibility index (Phi) is 4.82. The summed E-state index contributed by atoms with van der Waals surface area (Å²) in [5, 5.41) is 0. The van der Waals surface area contributed by atoms with Gasteiger partial charge in [-0.3, -0.25) is 11.3 Å². The summed E-state index contributed by atoms with van der Waals surface area (Å²) in [6.07, 6.45) is 1.60. The number of halogens is 2. The topological polar surface area (TPSA) is 38.0 Å². The first kappa shape index (κ1) is 14.6. The highest BCUT2D eigenvalue weighted by Crippen LogP contribution is 2.20. The summed E-state index contributed by atoms with van der Waals surface area (Å²) in [7, 11) is 0. The summed E-state index contributed by atoms with van der Waals surface area (Å²) in [6.45, 7) is 2.10. The fraction of sp³-hybridized carbons (Fsp3) is 0.250. The molecule has 0 spiro atoms. The number of nitrogens with two attached hydrogens (primary N) is 1. The summed E-state index contributed by atoms with van der Waals surface area (Å²) >= 11 is 0. The standard InChI is InChI=1S/C16H18F2N2/c1-2-11-3-5-12(6-4-11)9-16(20-19)13-7-8-14(17)15(18)10-13/h3-8,10,16,20H,2,9,19H2,1H3. The van der Waals surface area contributed by atoms with Crippen molar-refractivity contribution in [3.63, 3.8) is 0 Å². The molecule has 0 fully saturated rings. The molecule has 0 heterocycles. The third kappa shape index (κ3) is 3.40. The molecule has 106 valence electrons. The van der Waals surface area contributed by atoms with Crippen LogP contribution in [0, 0.1) is 11.6 Å². The van der Waals surface area contributed by atoms with Gasteiger partial charge in [-0.25, -0.2) is 8.78 Å². The lowest BCUT2D eigenvalue weighted by Crippen LogP contribution is -2.29. The van der Waals surface area contributed by atoms with E-state index in [1.54, 1.807) is 6.07 Å². The fourth-order valence-electron chi connectivity index (χ4n) is 2.15. The minimum absolute atomic E-state index is 0.252. The molecule has 3 N–H and O–H groups in total. The molecule has 4 heteroatoms. The van der Waals surface area contributed by atoms with E-state index in [-0.39, 0.29) is 6.04 Å². The van der Waals surface area contributed by atoms with Crippen LogP contribution in [0.4, 0.5) is 8.78 Å². The van der Waals surface area contributed by atoms with E-state index in [1.165, 1.54) is 11.6 Å². The second kappa shape index (κ2) is 6.59. The Hall–Kier alpha value is -1.78. The quantitative estimate of drug-likeness (QED) is 0.649. The van der Waals surface area contributed by atoms with Crippen LogP contribution in [0.1, 0.15) is 29.7 Å². The lowest BCUT2D eigenvalue weighted by Gasteiger charge is -2.17. The Morgan fingerprint density at radius 3 is 2.20 bits per heavy atom. The van der Waals surface area contributed by atoms with Gasteiger partial charge in [0.2, 0.25) is 0 Å². The zero-order chi connectivity index (χ0) is 14.5. The van der Waals surface area contributed by atoms with Crippen LogP contribution in [0.2, 0.25) is 0 Å². The maximum atomic E-state index is 13.3. The molecule has 0 saturated heterocycles. The van der Waals surface area contributed by atoms with Crippen LogP contribution < -0.4 is 11.3 Å². The minimum atomic E-state index is -0.857.